The number of carbonyl (C=O) groups is 4. The van der Waals surface area contributed by atoms with Crippen LogP contribution in [0.15, 0.2) is 53.1 Å². The molecule has 42 heavy (non-hydrogen) atoms. The second kappa shape index (κ2) is 11.4. The van der Waals surface area contributed by atoms with Crippen LogP contribution >= 0.6 is 0 Å². The highest BCUT2D eigenvalue weighted by molar-refractivity contribution is 6.14. The van der Waals surface area contributed by atoms with Crippen molar-refractivity contribution in [1.82, 2.24) is 5.16 Å². The van der Waals surface area contributed by atoms with Crippen molar-refractivity contribution in [2.75, 3.05) is 16.0 Å². The van der Waals surface area contributed by atoms with E-state index in [1.54, 1.807) is 6.07 Å². The van der Waals surface area contributed by atoms with Crippen molar-refractivity contribution in [1.29, 1.82) is 5.26 Å². The number of fused-ring (bicyclic) bond motifs is 1. The third-order valence-corrected chi connectivity index (χ3v) is 5.98. The molecule has 0 unspecified atom stereocenters. The number of benzene rings is 3. The second-order valence-corrected chi connectivity index (χ2v) is 8.90. The van der Waals surface area contributed by atoms with Crippen LogP contribution in [0.25, 0.3) is 22.1 Å². The van der Waals surface area contributed by atoms with Gasteiger partial charge in [-0.25, -0.2) is 4.79 Å². The smallest absolute Gasteiger partial charge is 0.417 e. The molecule has 0 spiro atoms. The van der Waals surface area contributed by atoms with Gasteiger partial charge in [-0.05, 0) is 48.0 Å². The Bertz CT molecular complexity index is 1810. The van der Waals surface area contributed by atoms with E-state index in [2.05, 4.69) is 21.1 Å². The molecule has 0 fully saturated rings. The largest absolute Gasteiger partial charge is 0.478 e. The molecule has 0 saturated carbocycles. The van der Waals surface area contributed by atoms with Gasteiger partial charge >= 0.3 is 12.1 Å². The van der Waals surface area contributed by atoms with E-state index < -0.39 is 35.4 Å². The highest BCUT2D eigenvalue weighted by Gasteiger charge is 2.35. The predicted octanol–water partition coefficient (Wildman–Crippen LogP) is 5.64. The summed E-state index contributed by atoms with van der Waals surface area (Å²) in [5.41, 5.74) is -2.67. The van der Waals surface area contributed by atoms with Gasteiger partial charge in [0, 0.05) is 30.3 Å². The van der Waals surface area contributed by atoms with Crippen molar-refractivity contribution in [2.24, 2.45) is 0 Å². The Hall–Kier alpha value is -5.71. The van der Waals surface area contributed by atoms with Gasteiger partial charge in [0.25, 0.3) is 5.91 Å². The van der Waals surface area contributed by atoms with Crippen molar-refractivity contribution in [3.63, 3.8) is 0 Å². The minimum absolute atomic E-state index is 0.0107. The van der Waals surface area contributed by atoms with Crippen molar-refractivity contribution >= 4 is 51.7 Å². The van der Waals surface area contributed by atoms with Crippen LogP contribution in [-0.4, -0.2) is 34.0 Å². The minimum Gasteiger partial charge on any atom is -0.478 e. The Balaban J connectivity index is 1.85. The maximum atomic E-state index is 14.1. The predicted molar refractivity (Wildman–Crippen MR) is 144 cm³/mol. The summed E-state index contributed by atoms with van der Waals surface area (Å²) in [5.74, 6) is -3.44. The molecule has 4 aromatic rings. The number of carboxylic acid groups (broad SMARTS) is 1. The molecule has 1 aromatic heterocycles. The molecule has 4 N–H and O–H groups in total. The van der Waals surface area contributed by atoms with Crippen LogP contribution in [0.3, 0.4) is 0 Å². The molecule has 4 rings (SSSR count). The lowest BCUT2D eigenvalue weighted by atomic mass is 9.95. The van der Waals surface area contributed by atoms with Crippen LogP contribution in [0.4, 0.5) is 30.2 Å². The summed E-state index contributed by atoms with van der Waals surface area (Å²) < 4.78 is 47.6. The summed E-state index contributed by atoms with van der Waals surface area (Å²) >= 11 is 0. The minimum atomic E-state index is -4.86. The Morgan fingerprint density at radius 3 is 2.33 bits per heavy atom. The molecule has 0 saturated heterocycles. The first-order valence-electron chi connectivity index (χ1n) is 12.1. The van der Waals surface area contributed by atoms with Gasteiger partial charge in [0.2, 0.25) is 11.8 Å². The molecule has 0 radical (unpaired) electrons. The number of rotatable bonds is 7. The molecule has 1 heterocycles. The number of carbonyl (C=O) groups excluding carboxylic acids is 3. The number of aromatic carboxylic acids is 1. The van der Waals surface area contributed by atoms with Gasteiger partial charge in [0.05, 0.1) is 33.8 Å². The van der Waals surface area contributed by atoms with Crippen molar-refractivity contribution in [3.05, 3.63) is 70.9 Å². The number of nitrogens with zero attached hydrogens (tertiary/aromatic N) is 2. The van der Waals surface area contributed by atoms with E-state index in [4.69, 9.17) is 9.78 Å². The number of hydrogen-bond acceptors (Lipinski definition) is 7. The topological polar surface area (TPSA) is 174 Å². The molecule has 11 nitrogen and oxygen atoms in total. The lowest BCUT2D eigenvalue weighted by Crippen LogP contribution is -2.16. The number of hydrogen-bond donors (Lipinski definition) is 4. The van der Waals surface area contributed by atoms with Crippen LogP contribution < -0.4 is 16.0 Å². The quantitative estimate of drug-likeness (QED) is 0.217. The number of carboxylic acids is 1. The number of alkyl halides is 3. The number of nitriles is 1. The molecule has 14 heteroatoms. The van der Waals surface area contributed by atoms with Gasteiger partial charge in [-0.1, -0.05) is 18.1 Å². The number of aromatic nitrogens is 1. The third-order valence-electron chi connectivity index (χ3n) is 5.98. The van der Waals surface area contributed by atoms with Gasteiger partial charge < -0.3 is 25.6 Å². The first-order valence-corrected chi connectivity index (χ1v) is 12.1. The maximum absolute atomic E-state index is 14.1. The Morgan fingerprint density at radius 2 is 1.71 bits per heavy atom. The number of halogens is 3. The van der Waals surface area contributed by atoms with Gasteiger partial charge in [-0.2, -0.15) is 18.4 Å². The van der Waals surface area contributed by atoms with E-state index in [1.165, 1.54) is 37.3 Å². The number of amides is 3. The zero-order chi connectivity index (χ0) is 30.8. The third kappa shape index (κ3) is 6.04. The Kier molecular flexibility index (Phi) is 7.96. The van der Waals surface area contributed by atoms with Gasteiger partial charge in [0.1, 0.15) is 0 Å². The number of nitrogens with one attached hydrogen (secondary N) is 3. The first kappa shape index (κ1) is 29.3. The zero-order valence-corrected chi connectivity index (χ0v) is 21.8. The molecule has 0 bridgehead atoms. The van der Waals surface area contributed by atoms with E-state index in [-0.39, 0.29) is 62.4 Å². The summed E-state index contributed by atoms with van der Waals surface area (Å²) in [6.45, 7) is 2.68. The van der Waals surface area contributed by atoms with E-state index in [9.17, 15) is 37.5 Å². The molecular weight excluding hydrogens is 559 g/mol. The summed E-state index contributed by atoms with van der Waals surface area (Å²) in [5, 5.41) is 29.5. The monoisotopic (exact) mass is 579 g/mol. The molecule has 214 valence electrons. The van der Waals surface area contributed by atoms with Crippen molar-refractivity contribution < 1.29 is 42.0 Å². The van der Waals surface area contributed by atoms with E-state index in [1.807, 2.05) is 0 Å². The van der Waals surface area contributed by atoms with Crippen LogP contribution in [0.5, 0.6) is 0 Å². The fraction of sp³-hybridized carbons (Fsp3) is 0.143. The fourth-order valence-corrected chi connectivity index (χ4v) is 4.09. The van der Waals surface area contributed by atoms with E-state index >= 15 is 0 Å². The first-order chi connectivity index (χ1) is 19.8. The summed E-state index contributed by atoms with van der Waals surface area (Å²) in [6.07, 6.45) is -4.88. The molecule has 3 aromatic carbocycles. The summed E-state index contributed by atoms with van der Waals surface area (Å²) in [7, 11) is 0. The SMILES string of the molecule is CCC(=O)Nc1cc2c(C(=O)Nc3ccc(C#N)cc3C(=O)O)noc2cc1-c1ccc(NC(C)=O)cc1C(F)(F)F. The lowest BCUT2D eigenvalue weighted by molar-refractivity contribution is -0.137. The van der Waals surface area contributed by atoms with Crippen LogP contribution in [0, 0.1) is 11.3 Å². The maximum Gasteiger partial charge on any atom is 0.417 e. The van der Waals surface area contributed by atoms with Crippen LogP contribution in [0.1, 0.15) is 52.2 Å². The number of anilines is 3. The van der Waals surface area contributed by atoms with Gasteiger partial charge in [0.15, 0.2) is 11.3 Å². The lowest BCUT2D eigenvalue weighted by Gasteiger charge is -2.18. The molecule has 0 aliphatic heterocycles. The highest BCUT2D eigenvalue weighted by atomic mass is 19.4. The van der Waals surface area contributed by atoms with E-state index in [0.717, 1.165) is 25.1 Å². The zero-order valence-electron chi connectivity index (χ0n) is 21.8. The Labute approximate surface area is 234 Å². The molecule has 0 aliphatic carbocycles. The average molecular weight is 579 g/mol. The normalized spacial score (nSPS) is 11.0. The second-order valence-electron chi connectivity index (χ2n) is 8.90. The molecule has 0 aliphatic rings. The standard InChI is InChI=1S/C28H20F3N5O6/c1-3-24(38)34-22-10-19-23(11-17(22)16-6-5-15(33-13(2)37)9-20(16)28(29,30)31)42-36-25(19)26(39)35-21-7-4-14(12-32)8-18(21)27(40)41/h4-11H,3H2,1-2H3,(H,33,37)(H,34,38)(H,35,39)(H,40,41). The molecule has 0 atom stereocenters. The Morgan fingerprint density at radius 1 is 0.976 bits per heavy atom. The van der Waals surface area contributed by atoms with Gasteiger partial charge in [-0.15, -0.1) is 0 Å². The van der Waals surface area contributed by atoms with E-state index in [0.29, 0.717) is 0 Å². The van der Waals surface area contributed by atoms with Gasteiger partial charge in [-0.3, -0.25) is 14.4 Å². The van der Waals surface area contributed by atoms with Crippen molar-refractivity contribution in [2.45, 2.75) is 26.4 Å². The summed E-state index contributed by atoms with van der Waals surface area (Å²) in [4.78, 5) is 48.5. The van der Waals surface area contributed by atoms with Crippen LogP contribution in [-0.2, 0) is 15.8 Å². The average Bonchev–Trinajstić information content (AvgIpc) is 3.34. The van der Waals surface area contributed by atoms with Crippen molar-refractivity contribution in [3.8, 4) is 17.2 Å². The summed E-state index contributed by atoms with van der Waals surface area (Å²) in [6, 6.07) is 10.9. The highest BCUT2D eigenvalue weighted by Crippen LogP contribution is 2.43. The fourth-order valence-electron chi connectivity index (χ4n) is 4.09. The van der Waals surface area contributed by atoms with Crippen LogP contribution in [0.2, 0.25) is 0 Å². The molecular formula is C28H20F3N5O6. The molecule has 3 amide bonds.